The molecule has 5 heteroatoms. The summed E-state index contributed by atoms with van der Waals surface area (Å²) in [6, 6.07) is 10.1. The van der Waals surface area contributed by atoms with Gasteiger partial charge in [-0.3, -0.25) is 0 Å². The molecule has 0 aliphatic rings. The van der Waals surface area contributed by atoms with Gasteiger partial charge in [0.25, 0.3) is 0 Å². The molecule has 1 aromatic carbocycles. The number of hydrogen-bond donors (Lipinski definition) is 1. The number of aliphatic hydroxyl groups is 1. The van der Waals surface area contributed by atoms with Gasteiger partial charge >= 0.3 is 0 Å². The smallest absolute Gasteiger partial charge is 0.183 e. The van der Waals surface area contributed by atoms with Crippen molar-refractivity contribution in [1.29, 1.82) is 0 Å². The molecule has 19 heavy (non-hydrogen) atoms. The molecule has 0 fully saturated rings. The Morgan fingerprint density at radius 3 is 2.68 bits per heavy atom. The van der Waals surface area contributed by atoms with Gasteiger partial charge in [0, 0.05) is 23.3 Å². The van der Waals surface area contributed by atoms with Crippen molar-refractivity contribution in [3.63, 3.8) is 0 Å². The Balaban J connectivity index is 2.14. The lowest BCUT2D eigenvalue weighted by Gasteiger charge is -2.26. The molecule has 0 spiro atoms. The number of benzene rings is 1. The average Bonchev–Trinajstić information content (AvgIpc) is 2.84. The summed E-state index contributed by atoms with van der Waals surface area (Å²) < 4.78 is 0.555. The Hall–Kier alpha value is -1.10. The Morgan fingerprint density at radius 2 is 2.11 bits per heavy atom. The lowest BCUT2D eigenvalue weighted by molar-refractivity contribution is 0.175. The van der Waals surface area contributed by atoms with Crippen LogP contribution in [-0.4, -0.2) is 22.7 Å². The van der Waals surface area contributed by atoms with Gasteiger partial charge < -0.3 is 10.0 Å². The maximum Gasteiger partial charge on any atom is 0.183 e. The largest absolute Gasteiger partial charge is 0.391 e. The predicted molar refractivity (Wildman–Crippen MR) is 80.9 cm³/mol. The number of nitrogens with zero attached hydrogens (tertiary/aromatic N) is 2. The molecule has 0 saturated carbocycles. The van der Waals surface area contributed by atoms with E-state index in [4.69, 9.17) is 11.6 Å². The molecule has 0 aliphatic carbocycles. The summed E-state index contributed by atoms with van der Waals surface area (Å²) in [5.41, 5.74) is 1.10. The fourth-order valence-corrected chi connectivity index (χ4v) is 2.82. The molecule has 3 nitrogen and oxygen atoms in total. The molecule has 2 rings (SSSR count). The van der Waals surface area contributed by atoms with E-state index < -0.39 is 0 Å². The molecule has 1 aromatic heterocycles. The first-order valence-electron chi connectivity index (χ1n) is 6.27. The Kier molecular flexibility index (Phi) is 5.19. The van der Waals surface area contributed by atoms with Gasteiger partial charge in [0.1, 0.15) is 0 Å². The molecule has 1 N–H and O–H groups in total. The highest BCUT2D eigenvalue weighted by molar-refractivity contribution is 7.15. The maximum absolute atomic E-state index is 9.89. The van der Waals surface area contributed by atoms with Crippen molar-refractivity contribution in [2.24, 2.45) is 0 Å². The van der Waals surface area contributed by atoms with E-state index >= 15 is 0 Å². The van der Waals surface area contributed by atoms with Gasteiger partial charge in [-0.25, -0.2) is 4.98 Å². The molecule has 1 heterocycles. The number of anilines is 1. The number of hydrogen-bond acceptors (Lipinski definition) is 4. The maximum atomic E-state index is 9.89. The van der Waals surface area contributed by atoms with Gasteiger partial charge in [-0.15, -0.1) is 11.3 Å². The van der Waals surface area contributed by atoms with Crippen LogP contribution in [-0.2, 0) is 6.54 Å². The molecular weight excluding hydrogens is 280 g/mol. The molecule has 0 saturated heterocycles. The summed E-state index contributed by atoms with van der Waals surface area (Å²) in [5, 5.41) is 9.89. The summed E-state index contributed by atoms with van der Waals surface area (Å²) in [4.78, 5) is 7.30. The van der Waals surface area contributed by atoms with Crippen LogP contribution in [0.4, 0.5) is 5.69 Å². The van der Waals surface area contributed by atoms with Crippen LogP contribution in [0.3, 0.4) is 0 Å². The first kappa shape index (κ1) is 14.3. The number of aromatic nitrogens is 1. The predicted octanol–water partition coefficient (Wildman–Crippen LogP) is 3.57. The summed E-state index contributed by atoms with van der Waals surface area (Å²) in [7, 11) is 0. The molecular formula is C14H17ClN2OS. The van der Waals surface area contributed by atoms with Gasteiger partial charge in [-0.1, -0.05) is 36.7 Å². The lowest BCUT2D eigenvalue weighted by atomic mass is 10.2. The van der Waals surface area contributed by atoms with Crippen molar-refractivity contribution >= 4 is 28.6 Å². The van der Waals surface area contributed by atoms with E-state index in [-0.39, 0.29) is 6.10 Å². The van der Waals surface area contributed by atoms with E-state index in [2.05, 4.69) is 9.88 Å². The SMILES string of the molecule is CCC(O)CN(Cc1cnc(Cl)s1)c1ccccc1. The third-order valence-corrected chi connectivity index (χ3v) is 4.00. The van der Waals surface area contributed by atoms with E-state index in [1.54, 1.807) is 6.20 Å². The first-order chi connectivity index (χ1) is 9.19. The van der Waals surface area contributed by atoms with Gasteiger partial charge in [-0.05, 0) is 18.6 Å². The van der Waals surface area contributed by atoms with Gasteiger partial charge in [0.05, 0.1) is 12.6 Å². The summed E-state index contributed by atoms with van der Waals surface area (Å²) in [6.45, 7) is 3.30. The highest BCUT2D eigenvalue weighted by Crippen LogP contribution is 2.23. The number of para-hydroxylation sites is 1. The standard InChI is InChI=1S/C14H17ClN2OS/c1-2-12(18)9-17(11-6-4-3-5-7-11)10-13-8-16-14(15)19-13/h3-8,12,18H,2,9-10H2,1H3. The minimum Gasteiger partial charge on any atom is -0.391 e. The van der Waals surface area contributed by atoms with E-state index in [1.165, 1.54) is 11.3 Å². The molecule has 1 unspecified atom stereocenters. The van der Waals surface area contributed by atoms with Crippen LogP contribution in [0.15, 0.2) is 36.5 Å². The second kappa shape index (κ2) is 6.89. The van der Waals surface area contributed by atoms with E-state index in [0.717, 1.165) is 17.0 Å². The van der Waals surface area contributed by atoms with E-state index in [0.29, 0.717) is 17.6 Å². The second-order valence-corrected chi connectivity index (χ2v) is 6.05. The zero-order valence-corrected chi connectivity index (χ0v) is 12.4. The van der Waals surface area contributed by atoms with Crippen LogP contribution in [0.1, 0.15) is 18.2 Å². The molecule has 0 aliphatic heterocycles. The quantitative estimate of drug-likeness (QED) is 0.885. The number of halogens is 1. The minimum atomic E-state index is -0.330. The van der Waals surface area contributed by atoms with Gasteiger partial charge in [-0.2, -0.15) is 0 Å². The molecule has 0 amide bonds. The van der Waals surface area contributed by atoms with Crippen molar-refractivity contribution in [1.82, 2.24) is 4.98 Å². The van der Waals surface area contributed by atoms with Crippen LogP contribution in [0.5, 0.6) is 0 Å². The fourth-order valence-electron chi connectivity index (χ4n) is 1.83. The molecule has 0 bridgehead atoms. The number of rotatable bonds is 6. The number of thiazole rings is 1. The Morgan fingerprint density at radius 1 is 1.37 bits per heavy atom. The van der Waals surface area contributed by atoms with Crippen molar-refractivity contribution in [3.05, 3.63) is 45.9 Å². The van der Waals surface area contributed by atoms with Crippen LogP contribution in [0, 0.1) is 0 Å². The van der Waals surface area contributed by atoms with Crippen molar-refractivity contribution in [2.75, 3.05) is 11.4 Å². The van der Waals surface area contributed by atoms with E-state index in [9.17, 15) is 5.11 Å². The highest BCUT2D eigenvalue weighted by atomic mass is 35.5. The van der Waals surface area contributed by atoms with Crippen LogP contribution >= 0.6 is 22.9 Å². The van der Waals surface area contributed by atoms with Crippen LogP contribution in [0.2, 0.25) is 4.47 Å². The first-order valence-corrected chi connectivity index (χ1v) is 7.46. The Labute approximate surface area is 122 Å². The minimum absolute atomic E-state index is 0.330. The monoisotopic (exact) mass is 296 g/mol. The zero-order valence-electron chi connectivity index (χ0n) is 10.8. The highest BCUT2D eigenvalue weighted by Gasteiger charge is 2.13. The summed E-state index contributed by atoms with van der Waals surface area (Å²) in [6.07, 6.45) is 2.21. The summed E-state index contributed by atoms with van der Waals surface area (Å²) >= 11 is 7.34. The van der Waals surface area contributed by atoms with Crippen LogP contribution in [0.25, 0.3) is 0 Å². The fraction of sp³-hybridized carbons (Fsp3) is 0.357. The Bertz CT molecular complexity index is 503. The molecule has 1 atom stereocenters. The van der Waals surface area contributed by atoms with Crippen molar-refractivity contribution < 1.29 is 5.11 Å². The zero-order chi connectivity index (χ0) is 13.7. The molecule has 0 radical (unpaired) electrons. The lowest BCUT2D eigenvalue weighted by Crippen LogP contribution is -2.31. The molecule has 2 aromatic rings. The van der Waals surface area contributed by atoms with Crippen molar-refractivity contribution in [3.8, 4) is 0 Å². The number of aliphatic hydroxyl groups excluding tert-OH is 1. The third kappa shape index (κ3) is 4.20. The average molecular weight is 297 g/mol. The summed E-state index contributed by atoms with van der Waals surface area (Å²) in [5.74, 6) is 0. The second-order valence-electron chi connectivity index (χ2n) is 4.36. The topological polar surface area (TPSA) is 36.4 Å². The van der Waals surface area contributed by atoms with Gasteiger partial charge in [0.2, 0.25) is 0 Å². The van der Waals surface area contributed by atoms with Gasteiger partial charge in [0.15, 0.2) is 4.47 Å². The third-order valence-electron chi connectivity index (χ3n) is 2.90. The normalized spacial score (nSPS) is 12.4. The van der Waals surface area contributed by atoms with E-state index in [1.807, 2.05) is 37.3 Å². The molecule has 102 valence electrons. The van der Waals surface area contributed by atoms with Crippen LogP contribution < -0.4 is 4.90 Å². The van der Waals surface area contributed by atoms with Crippen molar-refractivity contribution in [2.45, 2.75) is 26.0 Å².